The number of ketones is 1. The van der Waals surface area contributed by atoms with Crippen molar-refractivity contribution < 1.29 is 4.79 Å². The Morgan fingerprint density at radius 2 is 1.80 bits per heavy atom. The summed E-state index contributed by atoms with van der Waals surface area (Å²) in [6.07, 6.45) is 4.29. The second kappa shape index (κ2) is 5.50. The van der Waals surface area contributed by atoms with Crippen LogP contribution in [0.15, 0.2) is 35.9 Å². The fraction of sp³-hybridized carbons (Fsp3) is 0.357. The highest BCUT2D eigenvalue weighted by Crippen LogP contribution is 2.10. The van der Waals surface area contributed by atoms with Gasteiger partial charge >= 0.3 is 0 Å². The van der Waals surface area contributed by atoms with Gasteiger partial charge in [0.1, 0.15) is 0 Å². The van der Waals surface area contributed by atoms with Gasteiger partial charge in [-0.15, -0.1) is 0 Å². The van der Waals surface area contributed by atoms with Crippen LogP contribution in [0.4, 0.5) is 0 Å². The van der Waals surface area contributed by atoms with Crippen molar-refractivity contribution in [3.05, 3.63) is 47.0 Å². The van der Waals surface area contributed by atoms with Crippen LogP contribution in [0, 0.1) is 0 Å². The Morgan fingerprint density at radius 3 is 2.27 bits per heavy atom. The van der Waals surface area contributed by atoms with Crippen molar-refractivity contribution in [2.75, 3.05) is 0 Å². The molecular weight excluding hydrogens is 184 g/mol. The molecule has 1 aromatic carbocycles. The molecule has 0 saturated heterocycles. The highest BCUT2D eigenvalue weighted by Gasteiger charge is 1.99. The molecule has 1 rings (SSSR count). The molecule has 0 N–H and O–H groups in total. The lowest BCUT2D eigenvalue weighted by atomic mass is 10.0. The molecule has 0 spiro atoms. The minimum absolute atomic E-state index is 0.127. The molecule has 0 aliphatic carbocycles. The molecular formula is C14H18O. The maximum absolute atomic E-state index is 11.1. The number of carbonyl (C=O) groups is 1. The van der Waals surface area contributed by atoms with Crippen LogP contribution in [0.1, 0.15) is 43.1 Å². The van der Waals surface area contributed by atoms with Gasteiger partial charge in [-0.3, -0.25) is 4.79 Å². The van der Waals surface area contributed by atoms with Crippen molar-refractivity contribution in [3.8, 4) is 0 Å². The number of allylic oxidation sites excluding steroid dienone is 2. The molecule has 0 bridgehead atoms. The molecule has 0 fully saturated rings. The molecule has 1 nitrogen and oxygen atoms in total. The Labute approximate surface area is 91.8 Å². The molecule has 0 aliphatic heterocycles. The topological polar surface area (TPSA) is 17.1 Å². The largest absolute Gasteiger partial charge is 0.295 e. The number of hydrogen-bond donors (Lipinski definition) is 0. The van der Waals surface area contributed by atoms with Crippen LogP contribution in [0.5, 0.6) is 0 Å². The van der Waals surface area contributed by atoms with Gasteiger partial charge in [0, 0.05) is 5.56 Å². The van der Waals surface area contributed by atoms with Crippen molar-refractivity contribution >= 4 is 5.78 Å². The lowest BCUT2D eigenvalue weighted by molar-refractivity contribution is 0.101. The molecule has 1 heteroatoms. The maximum Gasteiger partial charge on any atom is 0.159 e. The molecule has 0 aromatic heterocycles. The van der Waals surface area contributed by atoms with E-state index in [4.69, 9.17) is 0 Å². The SMILES string of the molecule is CCC=C(C)Cc1ccc(C(C)=O)cc1. The van der Waals surface area contributed by atoms with E-state index < -0.39 is 0 Å². The van der Waals surface area contributed by atoms with Crippen molar-refractivity contribution in [1.29, 1.82) is 0 Å². The van der Waals surface area contributed by atoms with Gasteiger partial charge < -0.3 is 0 Å². The Morgan fingerprint density at radius 1 is 1.20 bits per heavy atom. The smallest absolute Gasteiger partial charge is 0.159 e. The average Bonchev–Trinajstić information content (AvgIpc) is 2.18. The molecule has 1 aromatic rings. The Bertz CT molecular complexity index is 357. The van der Waals surface area contributed by atoms with Gasteiger partial charge in [0.05, 0.1) is 0 Å². The van der Waals surface area contributed by atoms with E-state index in [2.05, 4.69) is 19.9 Å². The van der Waals surface area contributed by atoms with Gasteiger partial charge in [-0.25, -0.2) is 0 Å². The van der Waals surface area contributed by atoms with Gasteiger partial charge in [0.2, 0.25) is 0 Å². The van der Waals surface area contributed by atoms with Gasteiger partial charge in [0.15, 0.2) is 5.78 Å². The third-order valence-electron chi connectivity index (χ3n) is 2.40. The summed E-state index contributed by atoms with van der Waals surface area (Å²) in [7, 11) is 0. The standard InChI is InChI=1S/C14H18O/c1-4-5-11(2)10-13-6-8-14(9-7-13)12(3)15/h5-9H,4,10H2,1-3H3. The Balaban J connectivity index is 2.73. The van der Waals surface area contributed by atoms with E-state index in [1.165, 1.54) is 11.1 Å². The van der Waals surface area contributed by atoms with Crippen LogP contribution < -0.4 is 0 Å². The van der Waals surface area contributed by atoms with Crippen molar-refractivity contribution in [1.82, 2.24) is 0 Å². The van der Waals surface area contributed by atoms with Crippen LogP contribution in [0.3, 0.4) is 0 Å². The predicted octanol–water partition coefficient (Wildman–Crippen LogP) is 3.79. The van der Waals surface area contributed by atoms with Crippen LogP contribution in [0.2, 0.25) is 0 Å². The monoisotopic (exact) mass is 202 g/mol. The van der Waals surface area contributed by atoms with E-state index in [1.807, 2.05) is 24.3 Å². The summed E-state index contributed by atoms with van der Waals surface area (Å²) >= 11 is 0. The molecule has 0 aliphatic rings. The van der Waals surface area contributed by atoms with Crippen LogP contribution in [-0.4, -0.2) is 5.78 Å². The summed E-state index contributed by atoms with van der Waals surface area (Å²) in [4.78, 5) is 11.1. The molecule has 15 heavy (non-hydrogen) atoms. The van der Waals surface area contributed by atoms with Gasteiger partial charge in [-0.2, -0.15) is 0 Å². The van der Waals surface area contributed by atoms with E-state index in [1.54, 1.807) is 6.92 Å². The molecule has 0 heterocycles. The van der Waals surface area contributed by atoms with Crippen molar-refractivity contribution in [2.24, 2.45) is 0 Å². The fourth-order valence-electron chi connectivity index (χ4n) is 1.60. The fourth-order valence-corrected chi connectivity index (χ4v) is 1.60. The average molecular weight is 202 g/mol. The summed E-state index contributed by atoms with van der Waals surface area (Å²) in [5.41, 5.74) is 3.44. The summed E-state index contributed by atoms with van der Waals surface area (Å²) in [6, 6.07) is 7.86. The van der Waals surface area contributed by atoms with Crippen LogP contribution in [-0.2, 0) is 6.42 Å². The van der Waals surface area contributed by atoms with E-state index >= 15 is 0 Å². The molecule has 0 atom stereocenters. The van der Waals surface area contributed by atoms with Crippen molar-refractivity contribution in [2.45, 2.75) is 33.6 Å². The zero-order valence-corrected chi connectivity index (χ0v) is 9.71. The lowest BCUT2D eigenvalue weighted by Crippen LogP contribution is -1.93. The van der Waals surface area contributed by atoms with E-state index in [-0.39, 0.29) is 5.78 Å². The molecule has 0 radical (unpaired) electrons. The van der Waals surface area contributed by atoms with E-state index in [9.17, 15) is 4.79 Å². The van der Waals surface area contributed by atoms with Gasteiger partial charge in [-0.1, -0.05) is 42.8 Å². The van der Waals surface area contributed by atoms with Crippen LogP contribution >= 0.6 is 0 Å². The normalized spacial score (nSPS) is 11.5. The first kappa shape index (κ1) is 11.7. The molecule has 0 amide bonds. The number of hydrogen-bond acceptors (Lipinski definition) is 1. The highest BCUT2D eigenvalue weighted by atomic mass is 16.1. The second-order valence-electron chi connectivity index (χ2n) is 3.89. The highest BCUT2D eigenvalue weighted by molar-refractivity contribution is 5.94. The quantitative estimate of drug-likeness (QED) is 0.536. The molecule has 0 unspecified atom stereocenters. The lowest BCUT2D eigenvalue weighted by Gasteiger charge is -2.02. The minimum Gasteiger partial charge on any atom is -0.295 e. The first-order valence-electron chi connectivity index (χ1n) is 5.39. The number of Topliss-reactive ketones (excluding diaryl/α,β-unsaturated/α-hetero) is 1. The number of carbonyl (C=O) groups excluding carboxylic acids is 1. The van der Waals surface area contributed by atoms with Crippen LogP contribution in [0.25, 0.3) is 0 Å². The maximum atomic E-state index is 11.1. The van der Waals surface area contributed by atoms with Gasteiger partial charge in [0.25, 0.3) is 0 Å². The Kier molecular flexibility index (Phi) is 4.29. The predicted molar refractivity (Wildman–Crippen MR) is 64.2 cm³/mol. The summed E-state index contributed by atoms with van der Waals surface area (Å²) in [5.74, 6) is 0.127. The molecule has 80 valence electrons. The minimum atomic E-state index is 0.127. The number of benzene rings is 1. The first-order chi connectivity index (χ1) is 7.13. The van der Waals surface area contributed by atoms with E-state index in [0.717, 1.165) is 18.4 Å². The van der Waals surface area contributed by atoms with E-state index in [0.29, 0.717) is 0 Å². The molecule has 0 saturated carbocycles. The zero-order chi connectivity index (χ0) is 11.3. The van der Waals surface area contributed by atoms with Gasteiger partial charge in [-0.05, 0) is 32.3 Å². The summed E-state index contributed by atoms with van der Waals surface area (Å²) < 4.78 is 0. The zero-order valence-electron chi connectivity index (χ0n) is 9.71. The van der Waals surface area contributed by atoms with Crippen molar-refractivity contribution in [3.63, 3.8) is 0 Å². The second-order valence-corrected chi connectivity index (χ2v) is 3.89. The number of rotatable bonds is 4. The summed E-state index contributed by atoms with van der Waals surface area (Å²) in [5, 5.41) is 0. The third-order valence-corrected chi connectivity index (χ3v) is 2.40. The Hall–Kier alpha value is -1.37. The first-order valence-corrected chi connectivity index (χ1v) is 5.39. The third kappa shape index (κ3) is 3.70. The summed E-state index contributed by atoms with van der Waals surface area (Å²) in [6.45, 7) is 5.88.